The largest absolute Gasteiger partial charge is 0.372 e. The van der Waals surface area contributed by atoms with Gasteiger partial charge in [0.05, 0.1) is 6.04 Å². The number of nitrogens with one attached hydrogen (secondary N) is 1. The van der Waals surface area contributed by atoms with E-state index < -0.39 is 0 Å². The van der Waals surface area contributed by atoms with E-state index in [1.807, 2.05) is 24.0 Å². The minimum Gasteiger partial charge on any atom is -0.372 e. The van der Waals surface area contributed by atoms with E-state index in [1.54, 1.807) is 6.92 Å². The number of amides is 2. The number of aryl methyl sites for hydroxylation is 1. The molecule has 0 aliphatic carbocycles. The van der Waals surface area contributed by atoms with Gasteiger partial charge in [-0.05, 0) is 25.0 Å². The number of hydrogen-bond donors (Lipinski definition) is 1. The number of anilines is 1. The number of likely N-dealkylation sites (N-methyl/N-ethyl adjacent to an activating group) is 1. The zero-order valence-corrected chi connectivity index (χ0v) is 15.2. The van der Waals surface area contributed by atoms with Crippen molar-refractivity contribution in [3.05, 3.63) is 41.5 Å². The molecule has 0 saturated heterocycles. The van der Waals surface area contributed by atoms with Gasteiger partial charge in [-0.3, -0.25) is 0 Å². The molecule has 2 amide bonds. The molecule has 0 unspecified atom stereocenters. The lowest BCUT2D eigenvalue weighted by atomic mass is 10.1. The first kappa shape index (κ1) is 17.3. The topological polar surface area (TPSA) is 74.5 Å². The highest BCUT2D eigenvalue weighted by atomic mass is 16.5. The standard InChI is InChI=1S/C18H25N5O2/c1-5-15(17-19-13(3)25-21-17)20-18(24)23-11-14-8-6-7-9-16(14)22(4)10-12(23)2/h6-9,12,15H,5,10-11H2,1-4H3,(H,20,24)/t12-,15+/m0/s1. The van der Waals surface area contributed by atoms with Gasteiger partial charge >= 0.3 is 6.03 Å². The molecule has 0 radical (unpaired) electrons. The van der Waals surface area contributed by atoms with E-state index in [1.165, 1.54) is 5.69 Å². The maximum Gasteiger partial charge on any atom is 0.318 e. The summed E-state index contributed by atoms with van der Waals surface area (Å²) in [5.74, 6) is 1.02. The molecule has 0 spiro atoms. The number of carbonyl (C=O) groups is 1. The normalized spacial score (nSPS) is 18.5. The number of fused-ring (bicyclic) bond motifs is 1. The highest BCUT2D eigenvalue weighted by molar-refractivity contribution is 5.76. The van der Waals surface area contributed by atoms with Crippen LogP contribution in [0, 0.1) is 6.92 Å². The van der Waals surface area contributed by atoms with Crippen LogP contribution in [0.1, 0.15) is 43.6 Å². The van der Waals surface area contributed by atoms with Crippen LogP contribution in [0.15, 0.2) is 28.8 Å². The molecule has 0 saturated carbocycles. The fourth-order valence-corrected chi connectivity index (χ4v) is 3.26. The molecule has 3 rings (SSSR count). The average Bonchev–Trinajstić information content (AvgIpc) is 2.98. The van der Waals surface area contributed by atoms with Crippen molar-refractivity contribution in [2.24, 2.45) is 0 Å². The molecule has 134 valence electrons. The van der Waals surface area contributed by atoms with Crippen molar-refractivity contribution in [1.82, 2.24) is 20.4 Å². The van der Waals surface area contributed by atoms with Crippen molar-refractivity contribution in [1.29, 1.82) is 0 Å². The first-order chi connectivity index (χ1) is 12.0. The monoisotopic (exact) mass is 343 g/mol. The fourth-order valence-electron chi connectivity index (χ4n) is 3.26. The summed E-state index contributed by atoms with van der Waals surface area (Å²) >= 11 is 0. The SMILES string of the molecule is CC[C@@H](NC(=O)N1Cc2ccccc2N(C)C[C@@H]1C)c1noc(C)n1. The number of rotatable bonds is 3. The number of nitrogens with zero attached hydrogens (tertiary/aromatic N) is 4. The van der Waals surface area contributed by atoms with Gasteiger partial charge in [0, 0.05) is 38.8 Å². The molecule has 0 bridgehead atoms. The second-order valence-electron chi connectivity index (χ2n) is 6.57. The van der Waals surface area contributed by atoms with Crippen molar-refractivity contribution in [2.75, 3.05) is 18.5 Å². The number of para-hydroxylation sites is 1. The molecule has 25 heavy (non-hydrogen) atoms. The third-order valence-electron chi connectivity index (χ3n) is 4.64. The van der Waals surface area contributed by atoms with Gasteiger partial charge in [-0.15, -0.1) is 0 Å². The Morgan fingerprint density at radius 3 is 2.88 bits per heavy atom. The molecule has 2 heterocycles. The van der Waals surface area contributed by atoms with E-state index in [0.29, 0.717) is 24.7 Å². The molecule has 1 aliphatic rings. The van der Waals surface area contributed by atoms with Gasteiger partial charge in [0.2, 0.25) is 5.89 Å². The third kappa shape index (κ3) is 3.60. The van der Waals surface area contributed by atoms with Crippen molar-refractivity contribution >= 4 is 11.7 Å². The summed E-state index contributed by atoms with van der Waals surface area (Å²) in [6.07, 6.45) is 0.698. The van der Waals surface area contributed by atoms with E-state index >= 15 is 0 Å². The Hall–Kier alpha value is -2.57. The molecular weight excluding hydrogens is 318 g/mol. The first-order valence-corrected chi connectivity index (χ1v) is 8.66. The molecule has 1 N–H and O–H groups in total. The maximum absolute atomic E-state index is 12.9. The number of carbonyl (C=O) groups excluding carboxylic acids is 1. The Bertz CT molecular complexity index is 745. The van der Waals surface area contributed by atoms with E-state index in [0.717, 1.165) is 12.1 Å². The molecule has 1 aliphatic heterocycles. The van der Waals surface area contributed by atoms with Crippen LogP contribution in [0.3, 0.4) is 0 Å². The van der Waals surface area contributed by atoms with Gasteiger partial charge in [0.25, 0.3) is 0 Å². The number of urea groups is 1. The Morgan fingerprint density at radius 1 is 1.44 bits per heavy atom. The first-order valence-electron chi connectivity index (χ1n) is 8.66. The number of hydrogen-bond acceptors (Lipinski definition) is 5. The zero-order valence-electron chi connectivity index (χ0n) is 15.2. The summed E-state index contributed by atoms with van der Waals surface area (Å²) in [4.78, 5) is 21.3. The van der Waals surface area contributed by atoms with E-state index in [-0.39, 0.29) is 18.1 Å². The van der Waals surface area contributed by atoms with Gasteiger partial charge in [-0.1, -0.05) is 30.3 Å². The third-order valence-corrected chi connectivity index (χ3v) is 4.64. The summed E-state index contributed by atoms with van der Waals surface area (Å²) in [5.41, 5.74) is 2.32. The predicted molar refractivity (Wildman–Crippen MR) is 95.3 cm³/mol. The fraction of sp³-hybridized carbons (Fsp3) is 0.500. The zero-order chi connectivity index (χ0) is 18.0. The van der Waals surface area contributed by atoms with Crippen LogP contribution in [0.25, 0.3) is 0 Å². The Kier molecular flexibility index (Phi) is 4.92. The van der Waals surface area contributed by atoms with Crippen LogP contribution in [0.5, 0.6) is 0 Å². The summed E-state index contributed by atoms with van der Waals surface area (Å²) in [6.45, 7) is 7.17. The Morgan fingerprint density at radius 2 is 2.20 bits per heavy atom. The van der Waals surface area contributed by atoms with E-state index in [4.69, 9.17) is 4.52 Å². The van der Waals surface area contributed by atoms with Crippen LogP contribution >= 0.6 is 0 Å². The number of aromatic nitrogens is 2. The van der Waals surface area contributed by atoms with Crippen molar-refractivity contribution in [3.63, 3.8) is 0 Å². The summed E-state index contributed by atoms with van der Waals surface area (Å²) < 4.78 is 5.04. The summed E-state index contributed by atoms with van der Waals surface area (Å²) in [6, 6.07) is 7.93. The van der Waals surface area contributed by atoms with Crippen LogP contribution < -0.4 is 10.2 Å². The minimum absolute atomic E-state index is 0.0851. The molecule has 0 fully saturated rings. The lowest BCUT2D eigenvalue weighted by Crippen LogP contribution is -2.47. The van der Waals surface area contributed by atoms with Crippen molar-refractivity contribution < 1.29 is 9.32 Å². The van der Waals surface area contributed by atoms with Crippen LogP contribution in [0.2, 0.25) is 0 Å². The van der Waals surface area contributed by atoms with Gasteiger partial charge < -0.3 is 19.6 Å². The van der Waals surface area contributed by atoms with Gasteiger partial charge in [-0.25, -0.2) is 4.79 Å². The van der Waals surface area contributed by atoms with E-state index in [2.05, 4.69) is 46.5 Å². The quantitative estimate of drug-likeness (QED) is 0.927. The van der Waals surface area contributed by atoms with E-state index in [9.17, 15) is 4.79 Å². The van der Waals surface area contributed by atoms with Crippen LogP contribution in [-0.4, -0.2) is 40.7 Å². The maximum atomic E-state index is 12.9. The summed E-state index contributed by atoms with van der Waals surface area (Å²) in [5, 5.41) is 7.00. The van der Waals surface area contributed by atoms with Gasteiger partial charge in [0.15, 0.2) is 5.82 Å². The lowest BCUT2D eigenvalue weighted by Gasteiger charge is -2.30. The minimum atomic E-state index is -0.256. The molecule has 1 aromatic heterocycles. The highest BCUT2D eigenvalue weighted by Gasteiger charge is 2.29. The van der Waals surface area contributed by atoms with Gasteiger partial charge in [-0.2, -0.15) is 4.98 Å². The Labute approximate surface area is 148 Å². The second-order valence-corrected chi connectivity index (χ2v) is 6.57. The number of benzene rings is 1. The van der Waals surface area contributed by atoms with Crippen molar-refractivity contribution in [2.45, 2.75) is 45.8 Å². The average molecular weight is 343 g/mol. The second kappa shape index (κ2) is 7.13. The van der Waals surface area contributed by atoms with Crippen molar-refractivity contribution in [3.8, 4) is 0 Å². The molecule has 7 nitrogen and oxygen atoms in total. The van der Waals surface area contributed by atoms with Gasteiger partial charge in [0.1, 0.15) is 0 Å². The molecular formula is C18H25N5O2. The predicted octanol–water partition coefficient (Wildman–Crippen LogP) is 2.88. The molecule has 1 aromatic carbocycles. The van der Waals surface area contributed by atoms with Crippen LogP contribution in [-0.2, 0) is 6.54 Å². The summed E-state index contributed by atoms with van der Waals surface area (Å²) in [7, 11) is 2.06. The molecule has 2 aromatic rings. The molecule has 7 heteroatoms. The highest BCUT2D eigenvalue weighted by Crippen LogP contribution is 2.26. The molecule has 2 atom stereocenters. The smallest absolute Gasteiger partial charge is 0.318 e. The van der Waals surface area contributed by atoms with Crippen LogP contribution in [0.4, 0.5) is 10.5 Å². The Balaban J connectivity index is 1.79. The lowest BCUT2D eigenvalue weighted by molar-refractivity contribution is 0.173.